The van der Waals surface area contributed by atoms with Crippen molar-refractivity contribution in [3.05, 3.63) is 70.8 Å². The summed E-state index contributed by atoms with van der Waals surface area (Å²) in [6.45, 7) is 0.536. The highest BCUT2D eigenvalue weighted by atomic mass is 16.3. The van der Waals surface area contributed by atoms with Crippen LogP contribution in [-0.2, 0) is 6.42 Å². The molecule has 132 valence electrons. The van der Waals surface area contributed by atoms with E-state index in [9.17, 15) is 14.7 Å². The smallest absolute Gasteiger partial charge is 0.270 e. The Morgan fingerprint density at radius 1 is 1.19 bits per heavy atom. The minimum absolute atomic E-state index is 0.000975. The van der Waals surface area contributed by atoms with Crippen LogP contribution in [0.1, 0.15) is 16.1 Å². The van der Waals surface area contributed by atoms with Crippen LogP contribution in [0.2, 0.25) is 0 Å². The van der Waals surface area contributed by atoms with Crippen molar-refractivity contribution in [3.63, 3.8) is 0 Å². The molecule has 8 nitrogen and oxygen atoms in total. The van der Waals surface area contributed by atoms with E-state index in [4.69, 9.17) is 0 Å². The first-order chi connectivity index (χ1) is 12.6. The van der Waals surface area contributed by atoms with Gasteiger partial charge in [0.15, 0.2) is 0 Å². The Hall–Kier alpha value is -3.13. The Bertz CT molecular complexity index is 1000. The summed E-state index contributed by atoms with van der Waals surface area (Å²) >= 11 is 0. The van der Waals surface area contributed by atoms with Gasteiger partial charge in [0.25, 0.3) is 11.5 Å². The van der Waals surface area contributed by atoms with Crippen LogP contribution in [0.5, 0.6) is 0 Å². The Morgan fingerprint density at radius 2 is 2.08 bits per heavy atom. The zero-order valence-electron chi connectivity index (χ0n) is 13.9. The molecule has 26 heavy (non-hydrogen) atoms. The Kier molecular flexibility index (Phi) is 4.18. The molecule has 0 unspecified atom stereocenters. The molecule has 4 rings (SSSR count). The van der Waals surface area contributed by atoms with E-state index in [2.05, 4.69) is 15.0 Å². The maximum Gasteiger partial charge on any atom is 0.270 e. The first-order valence-electron chi connectivity index (χ1n) is 8.32. The van der Waals surface area contributed by atoms with E-state index in [1.807, 2.05) is 0 Å². The van der Waals surface area contributed by atoms with Gasteiger partial charge in [-0.15, -0.1) is 0 Å². The van der Waals surface area contributed by atoms with Crippen LogP contribution in [0, 0.1) is 5.92 Å². The molecule has 0 aliphatic carbocycles. The number of carbonyl (C=O) groups excluding carboxylic acids is 1. The number of aliphatic hydroxyl groups is 1. The maximum atomic E-state index is 12.8. The Labute approximate surface area is 148 Å². The molecule has 3 aromatic heterocycles. The molecule has 1 N–H and O–H groups in total. The lowest BCUT2D eigenvalue weighted by Gasteiger charge is -2.15. The molecule has 1 amide bonds. The third-order valence-corrected chi connectivity index (χ3v) is 4.63. The third-order valence-electron chi connectivity index (χ3n) is 4.63. The van der Waals surface area contributed by atoms with Crippen molar-refractivity contribution in [2.45, 2.75) is 12.5 Å². The van der Waals surface area contributed by atoms with Crippen molar-refractivity contribution in [1.29, 1.82) is 0 Å². The summed E-state index contributed by atoms with van der Waals surface area (Å²) in [7, 11) is 0. The number of hydrogen-bond acceptors (Lipinski definition) is 6. The molecule has 2 atom stereocenters. The lowest BCUT2D eigenvalue weighted by atomic mass is 10.0. The molecule has 1 fully saturated rings. The normalized spacial score (nSPS) is 19.8. The number of aromatic nitrogens is 4. The van der Waals surface area contributed by atoms with Crippen molar-refractivity contribution in [3.8, 4) is 0 Å². The van der Waals surface area contributed by atoms with Crippen LogP contribution in [0.25, 0.3) is 5.65 Å². The van der Waals surface area contributed by atoms with E-state index in [-0.39, 0.29) is 18.0 Å². The molecule has 4 heterocycles. The lowest BCUT2D eigenvalue weighted by Crippen LogP contribution is -2.35. The van der Waals surface area contributed by atoms with Crippen molar-refractivity contribution in [2.75, 3.05) is 13.1 Å². The van der Waals surface area contributed by atoms with E-state index in [0.29, 0.717) is 18.6 Å². The number of fused-ring (bicyclic) bond motifs is 1. The standard InChI is InChI=1S/C18H17N5O3/c24-15-11-22(10-12(15)7-13-8-19-4-5-20-13)17(25)14-9-21-16-3-1-2-6-23(16)18(14)26/h1-6,8-9,12,15,24H,7,10-11H2/t12-,15-/m1/s1. The van der Waals surface area contributed by atoms with Gasteiger partial charge in [-0.3, -0.25) is 24.0 Å². The van der Waals surface area contributed by atoms with Crippen LogP contribution in [-0.4, -0.2) is 54.5 Å². The van der Waals surface area contributed by atoms with Gasteiger partial charge in [-0.25, -0.2) is 4.98 Å². The largest absolute Gasteiger partial charge is 0.391 e. The molecule has 0 spiro atoms. The Morgan fingerprint density at radius 3 is 2.88 bits per heavy atom. The molecular weight excluding hydrogens is 334 g/mol. The van der Waals surface area contributed by atoms with E-state index >= 15 is 0 Å². The second kappa shape index (κ2) is 6.64. The van der Waals surface area contributed by atoms with Crippen molar-refractivity contribution >= 4 is 11.6 Å². The van der Waals surface area contributed by atoms with Gasteiger partial charge in [0.1, 0.15) is 11.2 Å². The summed E-state index contributed by atoms with van der Waals surface area (Å²) in [5.41, 5.74) is 0.836. The van der Waals surface area contributed by atoms with Gasteiger partial charge >= 0.3 is 0 Å². The van der Waals surface area contributed by atoms with Crippen molar-refractivity contribution in [2.24, 2.45) is 5.92 Å². The number of likely N-dealkylation sites (tertiary alicyclic amines) is 1. The summed E-state index contributed by atoms with van der Waals surface area (Å²) in [6.07, 6.45) is 7.58. The zero-order valence-corrected chi connectivity index (χ0v) is 13.9. The molecule has 8 heteroatoms. The molecular formula is C18H17N5O3. The number of β-amino-alcohol motifs (C(OH)–C–C–N with tert-alkyl or cyclic N) is 1. The zero-order chi connectivity index (χ0) is 18.1. The number of pyridine rings is 1. The Balaban J connectivity index is 1.56. The summed E-state index contributed by atoms with van der Waals surface area (Å²) in [4.78, 5) is 39.3. The SMILES string of the molecule is O=C(c1cnc2ccccn2c1=O)N1C[C@@H](Cc2cnccn2)[C@H](O)C1. The fraction of sp³-hybridized carbons (Fsp3) is 0.278. The number of carbonyl (C=O) groups is 1. The fourth-order valence-electron chi connectivity index (χ4n) is 3.27. The molecule has 0 saturated carbocycles. The second-order valence-corrected chi connectivity index (χ2v) is 6.34. The first-order valence-corrected chi connectivity index (χ1v) is 8.32. The van der Waals surface area contributed by atoms with E-state index in [1.54, 1.807) is 43.0 Å². The monoisotopic (exact) mass is 351 g/mol. The maximum absolute atomic E-state index is 12.8. The molecule has 0 aromatic carbocycles. The number of aliphatic hydroxyl groups excluding tert-OH is 1. The second-order valence-electron chi connectivity index (χ2n) is 6.34. The molecule has 1 aliphatic rings. The van der Waals surface area contributed by atoms with Crippen molar-refractivity contribution in [1.82, 2.24) is 24.3 Å². The minimum atomic E-state index is -0.669. The van der Waals surface area contributed by atoms with Gasteiger partial charge in [-0.1, -0.05) is 6.07 Å². The minimum Gasteiger partial charge on any atom is -0.391 e. The lowest BCUT2D eigenvalue weighted by molar-refractivity contribution is 0.0762. The fourth-order valence-corrected chi connectivity index (χ4v) is 3.27. The summed E-state index contributed by atoms with van der Waals surface area (Å²) in [6, 6.07) is 5.18. The molecule has 0 radical (unpaired) electrons. The van der Waals surface area contributed by atoms with Gasteiger partial charge in [0.05, 0.1) is 11.8 Å². The molecule has 1 aliphatic heterocycles. The molecule has 3 aromatic rings. The van der Waals surface area contributed by atoms with Gasteiger partial charge in [-0.05, 0) is 18.6 Å². The summed E-state index contributed by atoms with van der Waals surface area (Å²) < 4.78 is 1.34. The first kappa shape index (κ1) is 16.3. The van der Waals surface area contributed by atoms with Gasteiger partial charge in [0.2, 0.25) is 0 Å². The number of hydrogen-bond donors (Lipinski definition) is 1. The summed E-state index contributed by atoms with van der Waals surface area (Å²) in [5.74, 6) is -0.562. The quantitative estimate of drug-likeness (QED) is 0.721. The molecule has 1 saturated heterocycles. The van der Waals surface area contributed by atoms with E-state index in [1.165, 1.54) is 15.5 Å². The highest BCUT2D eigenvalue weighted by Crippen LogP contribution is 2.21. The number of rotatable bonds is 3. The average molecular weight is 351 g/mol. The van der Waals surface area contributed by atoms with Gasteiger partial charge < -0.3 is 10.0 Å². The highest BCUT2D eigenvalue weighted by molar-refractivity contribution is 5.94. The van der Waals surface area contributed by atoms with Gasteiger partial charge in [-0.2, -0.15) is 0 Å². The van der Waals surface area contributed by atoms with Crippen LogP contribution >= 0.6 is 0 Å². The number of amides is 1. The topological polar surface area (TPSA) is 101 Å². The predicted molar refractivity (Wildman–Crippen MR) is 92.6 cm³/mol. The molecule has 0 bridgehead atoms. The van der Waals surface area contributed by atoms with E-state index < -0.39 is 17.6 Å². The third kappa shape index (κ3) is 2.95. The van der Waals surface area contributed by atoms with Crippen LogP contribution in [0.3, 0.4) is 0 Å². The van der Waals surface area contributed by atoms with Gasteiger partial charge in [0, 0.05) is 50.0 Å². The van der Waals surface area contributed by atoms with Crippen LogP contribution in [0.15, 0.2) is 54.0 Å². The predicted octanol–water partition coefficient (Wildman–Crippen LogP) is 0.160. The van der Waals surface area contributed by atoms with Crippen molar-refractivity contribution < 1.29 is 9.90 Å². The highest BCUT2D eigenvalue weighted by Gasteiger charge is 2.35. The van der Waals surface area contributed by atoms with Crippen LogP contribution < -0.4 is 5.56 Å². The van der Waals surface area contributed by atoms with Crippen LogP contribution in [0.4, 0.5) is 0 Å². The summed E-state index contributed by atoms with van der Waals surface area (Å²) in [5, 5.41) is 10.3. The van der Waals surface area contributed by atoms with E-state index in [0.717, 1.165) is 5.69 Å². The average Bonchev–Trinajstić information content (AvgIpc) is 3.03. The number of nitrogens with zero attached hydrogens (tertiary/aromatic N) is 5.